The van der Waals surface area contributed by atoms with Crippen molar-refractivity contribution in [3.8, 4) is 0 Å². The molecule has 3 aliphatic rings. The number of benzene rings is 1. The molecule has 2 aromatic rings. The quantitative estimate of drug-likeness (QED) is 0.233. The highest BCUT2D eigenvalue weighted by Crippen LogP contribution is 2.35. The molecule has 1 aromatic carbocycles. The lowest BCUT2D eigenvalue weighted by atomic mass is 9.88. The summed E-state index contributed by atoms with van der Waals surface area (Å²) >= 11 is 2.09. The Labute approximate surface area is 233 Å². The molecule has 5 rings (SSSR count). The van der Waals surface area contributed by atoms with Crippen molar-refractivity contribution in [2.75, 3.05) is 36.4 Å². The van der Waals surface area contributed by atoms with Crippen molar-refractivity contribution >= 4 is 63.6 Å². The molecule has 200 valence electrons. The average Bonchev–Trinajstić information content (AvgIpc) is 3.44. The largest absolute Gasteiger partial charge is 0.382 e. The van der Waals surface area contributed by atoms with Crippen LogP contribution in [0.15, 0.2) is 29.3 Å². The van der Waals surface area contributed by atoms with E-state index in [1.54, 1.807) is 0 Å². The predicted octanol–water partition coefficient (Wildman–Crippen LogP) is 1.53. The molecule has 1 aromatic heterocycles. The first-order valence-corrected chi connectivity index (χ1v) is 14.1. The number of nitrogens with two attached hydrogens (primary N) is 2. The van der Waals surface area contributed by atoms with Crippen molar-refractivity contribution in [2.45, 2.75) is 48.0 Å². The topological polar surface area (TPSA) is 181 Å². The number of alkyl halides is 1. The first-order valence-electron chi connectivity index (χ1n) is 12.6. The van der Waals surface area contributed by atoms with Crippen LogP contribution in [0.25, 0.3) is 0 Å². The van der Waals surface area contributed by atoms with E-state index in [1.807, 2.05) is 29.2 Å². The van der Waals surface area contributed by atoms with Gasteiger partial charge in [0.15, 0.2) is 17.5 Å². The molecule has 3 aliphatic heterocycles. The molecule has 4 heterocycles. The highest BCUT2D eigenvalue weighted by molar-refractivity contribution is 14.1. The van der Waals surface area contributed by atoms with Gasteiger partial charge in [0.1, 0.15) is 5.82 Å². The number of aromatic nitrogens is 2. The number of hydrogen-bond acceptors (Lipinski definition) is 7. The van der Waals surface area contributed by atoms with Crippen LogP contribution in [0.5, 0.6) is 0 Å². The van der Waals surface area contributed by atoms with E-state index in [1.165, 1.54) is 0 Å². The maximum absolute atomic E-state index is 12.9. The first-order chi connectivity index (χ1) is 18.3. The lowest BCUT2D eigenvalue weighted by Crippen LogP contribution is -2.53. The molecule has 0 radical (unpaired) electrons. The second-order valence-electron chi connectivity index (χ2n) is 9.85. The summed E-state index contributed by atoms with van der Waals surface area (Å²) in [6.45, 7) is 1.81. The van der Waals surface area contributed by atoms with E-state index >= 15 is 0 Å². The fourth-order valence-corrected chi connectivity index (χ4v) is 5.79. The zero-order valence-corrected chi connectivity index (χ0v) is 23.0. The molecule has 12 nitrogen and oxygen atoms in total. The van der Waals surface area contributed by atoms with Gasteiger partial charge in [0.2, 0.25) is 11.8 Å². The van der Waals surface area contributed by atoms with Crippen molar-refractivity contribution in [1.29, 1.82) is 0 Å². The summed E-state index contributed by atoms with van der Waals surface area (Å²) in [4.78, 5) is 52.2. The number of amides is 3. The van der Waals surface area contributed by atoms with Crippen molar-refractivity contribution in [2.24, 2.45) is 4.99 Å². The maximum atomic E-state index is 12.9. The Kier molecular flexibility index (Phi) is 7.36. The van der Waals surface area contributed by atoms with Crippen LogP contribution in [0, 0.1) is 0 Å². The molecule has 1 spiro atoms. The summed E-state index contributed by atoms with van der Waals surface area (Å²) in [6, 6.07) is 7.71. The van der Waals surface area contributed by atoms with Gasteiger partial charge in [-0.15, -0.1) is 0 Å². The predicted molar refractivity (Wildman–Crippen MR) is 152 cm³/mol. The number of piperidine rings is 1. The Morgan fingerprint density at radius 1 is 1.16 bits per heavy atom. The van der Waals surface area contributed by atoms with Gasteiger partial charge in [-0.3, -0.25) is 14.4 Å². The SMILES string of the molecule is Nc1nc(N)c(C(=O)/N=C2\NCC3(CCN(C(=O)CCCC4C(=O)Nc5ccccc54)CC3)N2)nc1CI. The van der Waals surface area contributed by atoms with E-state index in [2.05, 4.69) is 53.5 Å². The summed E-state index contributed by atoms with van der Waals surface area (Å²) in [7, 11) is 0. The Bertz CT molecular complexity index is 1310. The molecule has 0 bridgehead atoms. The summed E-state index contributed by atoms with van der Waals surface area (Å²) in [5.41, 5.74) is 13.7. The minimum absolute atomic E-state index is 0.00546. The van der Waals surface area contributed by atoms with E-state index in [0.29, 0.717) is 55.0 Å². The zero-order chi connectivity index (χ0) is 26.9. The fourth-order valence-electron chi connectivity index (χ4n) is 5.23. The zero-order valence-electron chi connectivity index (χ0n) is 20.8. The number of nitrogen functional groups attached to an aromatic ring is 2. The van der Waals surface area contributed by atoms with Crippen LogP contribution in [0.3, 0.4) is 0 Å². The molecule has 1 atom stereocenters. The second kappa shape index (κ2) is 10.7. The van der Waals surface area contributed by atoms with Gasteiger partial charge in [-0.25, -0.2) is 9.97 Å². The maximum Gasteiger partial charge on any atom is 0.302 e. The van der Waals surface area contributed by atoms with Gasteiger partial charge >= 0.3 is 5.91 Å². The van der Waals surface area contributed by atoms with Gasteiger partial charge in [-0.05, 0) is 37.3 Å². The van der Waals surface area contributed by atoms with Crippen molar-refractivity contribution in [3.63, 3.8) is 0 Å². The molecule has 1 unspecified atom stereocenters. The van der Waals surface area contributed by atoms with Crippen LogP contribution in [-0.4, -0.2) is 63.7 Å². The van der Waals surface area contributed by atoms with E-state index < -0.39 is 5.91 Å². The molecule has 3 amide bonds. The number of halogens is 1. The number of carbonyl (C=O) groups is 3. The van der Waals surface area contributed by atoms with Gasteiger partial charge in [0.25, 0.3) is 0 Å². The number of hydrogen-bond donors (Lipinski definition) is 5. The lowest BCUT2D eigenvalue weighted by molar-refractivity contribution is -0.133. The Morgan fingerprint density at radius 3 is 2.68 bits per heavy atom. The van der Waals surface area contributed by atoms with Crippen LogP contribution in [0.2, 0.25) is 0 Å². The van der Waals surface area contributed by atoms with E-state index in [0.717, 1.165) is 24.1 Å². The number of carbonyl (C=O) groups excluding carboxylic acids is 3. The Hall–Kier alpha value is -3.49. The smallest absolute Gasteiger partial charge is 0.302 e. The number of para-hydroxylation sites is 1. The highest BCUT2D eigenvalue weighted by atomic mass is 127. The average molecular weight is 631 g/mol. The van der Waals surface area contributed by atoms with Gasteiger partial charge < -0.3 is 32.3 Å². The van der Waals surface area contributed by atoms with Crippen molar-refractivity contribution < 1.29 is 14.4 Å². The number of nitrogens with zero attached hydrogens (tertiary/aromatic N) is 4. The van der Waals surface area contributed by atoms with E-state index in [4.69, 9.17) is 11.5 Å². The Balaban J connectivity index is 1.11. The van der Waals surface area contributed by atoms with Crippen LogP contribution >= 0.6 is 22.6 Å². The van der Waals surface area contributed by atoms with Gasteiger partial charge in [-0.2, -0.15) is 4.99 Å². The third-order valence-electron chi connectivity index (χ3n) is 7.41. The molecular weight excluding hydrogens is 601 g/mol. The number of guanidine groups is 1. The monoisotopic (exact) mass is 631 g/mol. The number of anilines is 3. The second-order valence-corrected chi connectivity index (χ2v) is 10.6. The molecule has 13 heteroatoms. The molecule has 0 saturated carbocycles. The Morgan fingerprint density at radius 2 is 1.92 bits per heavy atom. The summed E-state index contributed by atoms with van der Waals surface area (Å²) in [5, 5.41) is 9.42. The van der Waals surface area contributed by atoms with Crippen LogP contribution in [0.4, 0.5) is 17.3 Å². The standard InChI is InChI=1S/C25H30IN9O3/c26-12-17-20(27)32-21(28)19(30-17)23(38)33-24-29-13-25(34-24)8-10-35(11-9-25)18(36)7-3-5-15-14-4-1-2-6-16(14)31-22(15)37/h1-2,4,6,15H,3,5,7-13H2,(H,31,37)(H4,27,28,32)(H2,29,33,34,38). The fraction of sp³-hybridized carbons (Fsp3) is 0.440. The molecular formula is C25H30IN9O3. The molecule has 0 aliphatic carbocycles. The summed E-state index contributed by atoms with van der Waals surface area (Å²) < 4.78 is 0.492. The number of fused-ring (bicyclic) bond motifs is 1. The van der Waals surface area contributed by atoms with Crippen LogP contribution in [0.1, 0.15) is 59.8 Å². The number of aliphatic imine (C=N–C) groups is 1. The van der Waals surface area contributed by atoms with Gasteiger partial charge in [0.05, 0.1) is 17.2 Å². The molecule has 38 heavy (non-hydrogen) atoms. The van der Waals surface area contributed by atoms with Crippen LogP contribution < -0.4 is 27.4 Å². The normalized spacial score (nSPS) is 20.7. The number of likely N-dealkylation sites (tertiary alicyclic amines) is 1. The highest BCUT2D eigenvalue weighted by Gasteiger charge is 2.41. The van der Waals surface area contributed by atoms with E-state index in [9.17, 15) is 14.4 Å². The van der Waals surface area contributed by atoms with Crippen molar-refractivity contribution in [1.82, 2.24) is 25.5 Å². The molecule has 2 fully saturated rings. The van der Waals surface area contributed by atoms with Crippen LogP contribution in [-0.2, 0) is 14.0 Å². The summed E-state index contributed by atoms with van der Waals surface area (Å²) in [5.74, 6) is -0.176. The lowest BCUT2D eigenvalue weighted by Gasteiger charge is -2.38. The van der Waals surface area contributed by atoms with Crippen molar-refractivity contribution in [3.05, 3.63) is 41.2 Å². The van der Waals surface area contributed by atoms with Gasteiger partial charge in [0, 0.05) is 36.2 Å². The minimum atomic E-state index is -0.598. The first kappa shape index (κ1) is 26.1. The van der Waals surface area contributed by atoms with Gasteiger partial charge in [-0.1, -0.05) is 40.8 Å². The third kappa shape index (κ3) is 5.24. The molecule has 7 N–H and O–H groups in total. The van der Waals surface area contributed by atoms with E-state index in [-0.39, 0.29) is 40.6 Å². The molecule has 2 saturated heterocycles. The number of rotatable bonds is 6. The third-order valence-corrected chi connectivity index (χ3v) is 8.14. The minimum Gasteiger partial charge on any atom is -0.382 e. The summed E-state index contributed by atoms with van der Waals surface area (Å²) in [6.07, 6.45) is 3.16. The number of nitrogens with one attached hydrogen (secondary N) is 3.